The summed E-state index contributed by atoms with van der Waals surface area (Å²) in [6, 6.07) is 12.3. The molecule has 0 radical (unpaired) electrons. The van der Waals surface area contributed by atoms with Gasteiger partial charge >= 0.3 is 0 Å². The number of nitrogens with zero attached hydrogens (tertiary/aromatic N) is 5. The first-order chi connectivity index (χ1) is 16.9. The van der Waals surface area contributed by atoms with Crippen LogP contribution in [0.4, 0.5) is 0 Å². The Balaban J connectivity index is 1.57. The predicted molar refractivity (Wildman–Crippen MR) is 129 cm³/mol. The van der Waals surface area contributed by atoms with Crippen molar-refractivity contribution in [3.8, 4) is 5.82 Å². The number of rotatable bonds is 9. The van der Waals surface area contributed by atoms with Crippen molar-refractivity contribution in [1.29, 1.82) is 0 Å². The van der Waals surface area contributed by atoms with Gasteiger partial charge in [-0.1, -0.05) is 36.8 Å². The summed E-state index contributed by atoms with van der Waals surface area (Å²) < 4.78 is 1.47. The highest BCUT2D eigenvalue weighted by atomic mass is 16.5. The maximum Gasteiger partial charge on any atom is 0.248 e. The standard InChI is InChI=1S/C25H29N6O4/c26-23(33)22(32)21(16-18-8-3-1-4-9-18)31(35)25(34)20-10-7-12-27-24(20)30-15-11-19(28-30)17-29-13-5-2-6-14-29/h1,3-4,7-12,15,21-22,32H,2,5-6,13-14,16-17H2,(H2,26,33)/q-1. The maximum atomic E-state index is 13.3. The van der Waals surface area contributed by atoms with E-state index in [1.54, 1.807) is 42.6 Å². The van der Waals surface area contributed by atoms with Gasteiger partial charge in [0.15, 0.2) is 11.9 Å². The Morgan fingerprint density at radius 1 is 1.09 bits per heavy atom. The van der Waals surface area contributed by atoms with Crippen LogP contribution in [-0.4, -0.2) is 66.9 Å². The van der Waals surface area contributed by atoms with Gasteiger partial charge in [0.25, 0.3) is 0 Å². The van der Waals surface area contributed by atoms with Gasteiger partial charge in [-0.2, -0.15) is 5.10 Å². The number of pyridine rings is 1. The summed E-state index contributed by atoms with van der Waals surface area (Å²) in [7, 11) is 0. The fraction of sp³-hybridized carbons (Fsp3) is 0.360. The van der Waals surface area contributed by atoms with Crippen LogP contribution in [0, 0.1) is 5.21 Å². The summed E-state index contributed by atoms with van der Waals surface area (Å²) in [5.41, 5.74) is 6.78. The third-order valence-electron chi connectivity index (χ3n) is 6.16. The molecule has 1 aliphatic rings. The monoisotopic (exact) mass is 477 g/mol. The van der Waals surface area contributed by atoms with Crippen LogP contribution >= 0.6 is 0 Å². The number of carbonyl (C=O) groups is 2. The van der Waals surface area contributed by atoms with Gasteiger partial charge in [0.2, 0.25) is 11.8 Å². The molecule has 0 aliphatic carbocycles. The minimum absolute atomic E-state index is 0.00449. The van der Waals surface area contributed by atoms with Crippen molar-refractivity contribution in [3.63, 3.8) is 0 Å². The average Bonchev–Trinajstić information content (AvgIpc) is 3.35. The minimum atomic E-state index is -1.84. The topological polar surface area (TPSA) is 141 Å². The van der Waals surface area contributed by atoms with Gasteiger partial charge in [-0.15, -0.1) is 0 Å². The van der Waals surface area contributed by atoms with Crippen molar-refractivity contribution in [2.45, 2.75) is 44.4 Å². The molecular weight excluding hydrogens is 448 g/mol. The van der Waals surface area contributed by atoms with E-state index in [1.165, 1.54) is 36.2 Å². The Morgan fingerprint density at radius 3 is 2.54 bits per heavy atom. The molecule has 0 spiro atoms. The molecule has 1 fully saturated rings. The third kappa shape index (κ3) is 5.91. The lowest BCUT2D eigenvalue weighted by atomic mass is 10.00. The van der Waals surface area contributed by atoms with Crippen LogP contribution in [-0.2, 0) is 17.8 Å². The first-order valence-electron chi connectivity index (χ1n) is 11.7. The van der Waals surface area contributed by atoms with E-state index >= 15 is 0 Å². The fourth-order valence-corrected chi connectivity index (χ4v) is 4.29. The molecule has 10 nitrogen and oxygen atoms in total. The number of amides is 2. The molecule has 2 aromatic heterocycles. The number of aliphatic hydroxyl groups is 1. The lowest BCUT2D eigenvalue weighted by Gasteiger charge is -2.39. The van der Waals surface area contributed by atoms with Crippen LogP contribution in [0.25, 0.3) is 5.82 Å². The number of nitrogens with two attached hydrogens (primary N) is 1. The number of hydroxylamine groups is 2. The Labute approximate surface area is 203 Å². The zero-order valence-corrected chi connectivity index (χ0v) is 19.4. The number of hydrogen-bond donors (Lipinski definition) is 2. The van der Waals surface area contributed by atoms with Gasteiger partial charge in [0.05, 0.1) is 17.3 Å². The smallest absolute Gasteiger partial charge is 0.248 e. The van der Waals surface area contributed by atoms with Crippen LogP contribution in [0.5, 0.6) is 0 Å². The number of carbonyl (C=O) groups excluding carboxylic acids is 2. The molecule has 3 heterocycles. The highest BCUT2D eigenvalue weighted by molar-refractivity contribution is 5.98. The van der Waals surface area contributed by atoms with Crippen LogP contribution in [0.15, 0.2) is 60.9 Å². The van der Waals surface area contributed by atoms with Gasteiger partial charge in [-0.25, -0.2) is 9.67 Å². The van der Waals surface area contributed by atoms with Crippen molar-refractivity contribution >= 4 is 11.8 Å². The molecular formula is C25H29N6O4-. The van der Waals surface area contributed by atoms with E-state index < -0.39 is 24.0 Å². The largest absolute Gasteiger partial charge is 0.756 e. The lowest BCUT2D eigenvalue weighted by molar-refractivity contribution is -0.128. The molecule has 0 bridgehead atoms. The van der Waals surface area contributed by atoms with E-state index in [2.05, 4.69) is 15.0 Å². The zero-order valence-electron chi connectivity index (χ0n) is 19.4. The second kappa shape index (κ2) is 11.2. The predicted octanol–water partition coefficient (Wildman–Crippen LogP) is 1.65. The van der Waals surface area contributed by atoms with Crippen LogP contribution in [0.3, 0.4) is 0 Å². The number of benzene rings is 1. The van der Waals surface area contributed by atoms with Gasteiger partial charge in [-0.3, -0.25) is 14.5 Å². The number of aromatic nitrogens is 3. The molecule has 1 aliphatic heterocycles. The number of primary amides is 1. The number of aliphatic hydroxyl groups excluding tert-OH is 1. The van der Waals surface area contributed by atoms with E-state index in [9.17, 15) is 19.9 Å². The molecule has 184 valence electrons. The fourth-order valence-electron chi connectivity index (χ4n) is 4.29. The van der Waals surface area contributed by atoms with E-state index in [4.69, 9.17) is 5.73 Å². The molecule has 1 aromatic carbocycles. The van der Waals surface area contributed by atoms with Crippen LogP contribution in [0.1, 0.15) is 40.9 Å². The van der Waals surface area contributed by atoms with Crippen molar-refractivity contribution in [3.05, 3.63) is 83.0 Å². The summed E-state index contributed by atoms with van der Waals surface area (Å²) in [6.07, 6.45) is 4.90. The molecule has 2 amide bonds. The third-order valence-corrected chi connectivity index (χ3v) is 6.16. The van der Waals surface area contributed by atoms with E-state index in [-0.39, 0.29) is 22.9 Å². The molecule has 3 aromatic rings. The van der Waals surface area contributed by atoms with Gasteiger partial charge < -0.3 is 21.1 Å². The summed E-state index contributed by atoms with van der Waals surface area (Å²) in [4.78, 5) is 31.6. The SMILES string of the molecule is NC(=O)C(O)C(Cc1ccccc1)N([O-])C(=O)c1cccnc1-n1ccc(CN2CCCCC2)n1. The number of hydrogen-bond acceptors (Lipinski definition) is 7. The van der Waals surface area contributed by atoms with Crippen molar-refractivity contribution in [1.82, 2.24) is 24.7 Å². The zero-order chi connectivity index (χ0) is 24.8. The molecule has 1 saturated heterocycles. The van der Waals surface area contributed by atoms with Crippen molar-refractivity contribution in [2.24, 2.45) is 5.73 Å². The van der Waals surface area contributed by atoms with Crippen molar-refractivity contribution in [2.75, 3.05) is 13.1 Å². The molecule has 2 unspecified atom stereocenters. The van der Waals surface area contributed by atoms with E-state index in [0.717, 1.165) is 18.8 Å². The number of piperidine rings is 1. The van der Waals surface area contributed by atoms with Crippen LogP contribution in [0.2, 0.25) is 0 Å². The van der Waals surface area contributed by atoms with Gasteiger partial charge in [0.1, 0.15) is 0 Å². The summed E-state index contributed by atoms with van der Waals surface area (Å²) >= 11 is 0. The lowest BCUT2D eigenvalue weighted by Crippen LogP contribution is -2.50. The minimum Gasteiger partial charge on any atom is -0.756 e. The first-order valence-corrected chi connectivity index (χ1v) is 11.7. The summed E-state index contributed by atoms with van der Waals surface area (Å²) in [5, 5.41) is 28.2. The Hall–Kier alpha value is -3.60. The molecule has 10 heteroatoms. The quantitative estimate of drug-likeness (QED) is 0.447. The normalized spacial score (nSPS) is 15.9. The molecule has 0 saturated carbocycles. The van der Waals surface area contributed by atoms with E-state index in [1.807, 2.05) is 6.07 Å². The maximum absolute atomic E-state index is 13.3. The average molecular weight is 478 g/mol. The highest BCUT2D eigenvalue weighted by Gasteiger charge is 2.30. The molecule has 35 heavy (non-hydrogen) atoms. The summed E-state index contributed by atoms with van der Waals surface area (Å²) in [6.45, 7) is 2.74. The van der Waals surface area contributed by atoms with Crippen molar-refractivity contribution < 1.29 is 14.7 Å². The second-order valence-electron chi connectivity index (χ2n) is 8.70. The number of likely N-dealkylation sites (tertiary alicyclic amines) is 1. The highest BCUT2D eigenvalue weighted by Crippen LogP contribution is 2.20. The Kier molecular flexibility index (Phi) is 7.86. The van der Waals surface area contributed by atoms with Gasteiger partial charge in [0, 0.05) is 18.9 Å². The summed E-state index contributed by atoms with van der Waals surface area (Å²) in [5.74, 6) is -1.84. The molecule has 4 rings (SSSR count). The Morgan fingerprint density at radius 2 is 1.83 bits per heavy atom. The molecule has 2 atom stereocenters. The van der Waals surface area contributed by atoms with E-state index in [0.29, 0.717) is 12.1 Å². The second-order valence-corrected chi connectivity index (χ2v) is 8.70. The molecule has 3 N–H and O–H groups in total. The van der Waals surface area contributed by atoms with Crippen LogP contribution < -0.4 is 5.73 Å². The van der Waals surface area contributed by atoms with Gasteiger partial charge in [-0.05, 0) is 56.1 Å². The Bertz CT molecular complexity index is 1150. The first kappa shape index (κ1) is 24.5.